The van der Waals surface area contributed by atoms with Crippen LogP contribution in [0.25, 0.3) is 11.1 Å². The molecule has 1 aromatic heterocycles. The molecule has 1 N–H and O–H groups in total. The normalized spacial score (nSPS) is 10.7. The number of halogens is 1. The van der Waals surface area contributed by atoms with E-state index in [-0.39, 0.29) is 5.82 Å². The lowest BCUT2D eigenvalue weighted by Crippen LogP contribution is -2.10. The Balaban J connectivity index is 2.52. The summed E-state index contributed by atoms with van der Waals surface area (Å²) in [5.74, 6) is -0.215. The lowest BCUT2D eigenvalue weighted by Gasteiger charge is -2.06. The van der Waals surface area contributed by atoms with E-state index < -0.39 is 0 Å². The van der Waals surface area contributed by atoms with Crippen molar-refractivity contribution in [2.24, 2.45) is 7.05 Å². The minimum absolute atomic E-state index is 0.215. The van der Waals surface area contributed by atoms with Crippen LogP contribution in [0.3, 0.4) is 0 Å². The van der Waals surface area contributed by atoms with Crippen molar-refractivity contribution >= 4 is 0 Å². The number of hydrogen-bond donors (Lipinski definition) is 1. The number of nitrogens with one attached hydrogen (secondary N) is 1. The molecule has 0 spiro atoms. The Morgan fingerprint density at radius 2 is 2.06 bits per heavy atom. The van der Waals surface area contributed by atoms with Gasteiger partial charge in [0.1, 0.15) is 5.82 Å². The van der Waals surface area contributed by atoms with Crippen molar-refractivity contribution in [1.82, 2.24) is 15.1 Å². The largest absolute Gasteiger partial charge is 0.314 e. The molecule has 0 atom stereocenters. The Morgan fingerprint density at radius 1 is 1.31 bits per heavy atom. The van der Waals surface area contributed by atoms with Crippen LogP contribution in [0.2, 0.25) is 0 Å². The highest BCUT2D eigenvalue weighted by atomic mass is 19.1. The van der Waals surface area contributed by atoms with Crippen LogP contribution in [0.1, 0.15) is 5.69 Å². The summed E-state index contributed by atoms with van der Waals surface area (Å²) < 4.78 is 15.4. The van der Waals surface area contributed by atoms with Crippen LogP contribution in [0, 0.1) is 5.82 Å². The monoisotopic (exact) mass is 219 g/mol. The van der Waals surface area contributed by atoms with Gasteiger partial charge in [0.25, 0.3) is 0 Å². The van der Waals surface area contributed by atoms with Crippen LogP contribution in [0.15, 0.2) is 30.5 Å². The number of rotatable bonds is 3. The maximum Gasteiger partial charge on any atom is 0.131 e. The number of benzene rings is 1. The molecule has 0 amide bonds. The van der Waals surface area contributed by atoms with E-state index in [0.717, 1.165) is 11.3 Å². The summed E-state index contributed by atoms with van der Waals surface area (Å²) in [6.45, 7) is 0.667. The topological polar surface area (TPSA) is 29.9 Å². The molecule has 2 aromatic rings. The number of hydrogen-bond acceptors (Lipinski definition) is 2. The summed E-state index contributed by atoms with van der Waals surface area (Å²) >= 11 is 0. The van der Waals surface area contributed by atoms with Crippen molar-refractivity contribution in [2.45, 2.75) is 6.54 Å². The molecule has 2 rings (SSSR count). The van der Waals surface area contributed by atoms with Gasteiger partial charge in [0.15, 0.2) is 0 Å². The molecule has 84 valence electrons. The first kappa shape index (κ1) is 10.8. The third-order valence-electron chi connectivity index (χ3n) is 2.57. The van der Waals surface area contributed by atoms with E-state index in [1.807, 2.05) is 20.2 Å². The first-order valence-electron chi connectivity index (χ1n) is 5.14. The molecule has 0 unspecified atom stereocenters. The average Bonchev–Trinajstić information content (AvgIpc) is 2.62. The summed E-state index contributed by atoms with van der Waals surface area (Å²) in [5.41, 5.74) is 2.42. The Morgan fingerprint density at radius 3 is 2.75 bits per heavy atom. The molecular formula is C12H14FN3. The van der Waals surface area contributed by atoms with E-state index in [1.165, 1.54) is 6.07 Å². The first-order chi connectivity index (χ1) is 7.74. The summed E-state index contributed by atoms with van der Waals surface area (Å²) in [7, 11) is 3.72. The van der Waals surface area contributed by atoms with E-state index in [2.05, 4.69) is 10.4 Å². The van der Waals surface area contributed by atoms with Crippen LogP contribution in [0.5, 0.6) is 0 Å². The summed E-state index contributed by atoms with van der Waals surface area (Å²) in [6.07, 6.45) is 1.70. The quantitative estimate of drug-likeness (QED) is 0.855. The first-order valence-corrected chi connectivity index (χ1v) is 5.14. The fourth-order valence-corrected chi connectivity index (χ4v) is 1.74. The van der Waals surface area contributed by atoms with Gasteiger partial charge in [-0.25, -0.2) is 4.39 Å². The fourth-order valence-electron chi connectivity index (χ4n) is 1.74. The molecular weight excluding hydrogens is 205 g/mol. The summed E-state index contributed by atoms with van der Waals surface area (Å²) in [6, 6.07) is 6.75. The van der Waals surface area contributed by atoms with Crippen molar-refractivity contribution in [1.29, 1.82) is 0 Å². The zero-order valence-electron chi connectivity index (χ0n) is 9.37. The van der Waals surface area contributed by atoms with Gasteiger partial charge >= 0.3 is 0 Å². The van der Waals surface area contributed by atoms with E-state index in [0.29, 0.717) is 12.1 Å². The third kappa shape index (κ3) is 1.84. The van der Waals surface area contributed by atoms with E-state index >= 15 is 0 Å². The molecule has 0 fully saturated rings. The maximum atomic E-state index is 13.6. The molecule has 0 bridgehead atoms. The van der Waals surface area contributed by atoms with Gasteiger partial charge in [0.05, 0.1) is 11.9 Å². The van der Waals surface area contributed by atoms with Gasteiger partial charge in [-0.05, 0) is 13.1 Å². The highest BCUT2D eigenvalue weighted by molar-refractivity contribution is 5.65. The molecule has 0 saturated heterocycles. The standard InChI is InChI=1S/C12H14FN3/c1-14-8-12-10(7-15-16(12)2)9-5-3-4-6-11(9)13/h3-7,14H,8H2,1-2H3. The fraction of sp³-hybridized carbons (Fsp3) is 0.250. The minimum atomic E-state index is -0.215. The van der Waals surface area contributed by atoms with Crippen molar-refractivity contribution in [3.8, 4) is 11.1 Å². The van der Waals surface area contributed by atoms with Gasteiger partial charge in [-0.3, -0.25) is 4.68 Å². The zero-order chi connectivity index (χ0) is 11.5. The molecule has 0 aliphatic heterocycles. The maximum absolute atomic E-state index is 13.6. The van der Waals surface area contributed by atoms with E-state index in [1.54, 1.807) is 23.0 Å². The summed E-state index contributed by atoms with van der Waals surface area (Å²) in [4.78, 5) is 0. The molecule has 0 aliphatic carbocycles. The van der Waals surface area contributed by atoms with Crippen molar-refractivity contribution in [3.05, 3.63) is 42.0 Å². The van der Waals surface area contributed by atoms with Crippen molar-refractivity contribution in [2.75, 3.05) is 7.05 Å². The van der Waals surface area contributed by atoms with Gasteiger partial charge in [0, 0.05) is 24.7 Å². The van der Waals surface area contributed by atoms with Crippen LogP contribution < -0.4 is 5.32 Å². The van der Waals surface area contributed by atoms with Gasteiger partial charge < -0.3 is 5.32 Å². The smallest absolute Gasteiger partial charge is 0.131 e. The molecule has 0 radical (unpaired) electrons. The lowest BCUT2D eigenvalue weighted by atomic mass is 10.1. The SMILES string of the molecule is CNCc1c(-c2ccccc2F)cnn1C. The highest BCUT2D eigenvalue weighted by Gasteiger charge is 2.12. The van der Waals surface area contributed by atoms with E-state index in [4.69, 9.17) is 0 Å². The Bertz CT molecular complexity index is 491. The van der Waals surface area contributed by atoms with Gasteiger partial charge in [-0.15, -0.1) is 0 Å². The predicted octanol–water partition coefficient (Wildman–Crippen LogP) is 1.95. The molecule has 16 heavy (non-hydrogen) atoms. The highest BCUT2D eigenvalue weighted by Crippen LogP contribution is 2.25. The molecule has 0 aliphatic rings. The number of aryl methyl sites for hydroxylation is 1. The molecule has 1 heterocycles. The lowest BCUT2D eigenvalue weighted by molar-refractivity contribution is 0.630. The van der Waals surface area contributed by atoms with Crippen LogP contribution in [-0.4, -0.2) is 16.8 Å². The third-order valence-corrected chi connectivity index (χ3v) is 2.57. The molecule has 4 heteroatoms. The van der Waals surface area contributed by atoms with E-state index in [9.17, 15) is 4.39 Å². The Hall–Kier alpha value is -1.68. The zero-order valence-corrected chi connectivity index (χ0v) is 9.37. The van der Waals surface area contributed by atoms with Crippen LogP contribution in [-0.2, 0) is 13.6 Å². The average molecular weight is 219 g/mol. The van der Waals surface area contributed by atoms with Gasteiger partial charge in [-0.1, -0.05) is 18.2 Å². The predicted molar refractivity (Wildman–Crippen MR) is 61.4 cm³/mol. The molecule has 0 saturated carbocycles. The number of nitrogens with zero attached hydrogens (tertiary/aromatic N) is 2. The van der Waals surface area contributed by atoms with Crippen molar-refractivity contribution in [3.63, 3.8) is 0 Å². The minimum Gasteiger partial charge on any atom is -0.314 e. The van der Waals surface area contributed by atoms with Crippen LogP contribution >= 0.6 is 0 Å². The van der Waals surface area contributed by atoms with Gasteiger partial charge in [0.2, 0.25) is 0 Å². The van der Waals surface area contributed by atoms with Crippen LogP contribution in [0.4, 0.5) is 4.39 Å². The van der Waals surface area contributed by atoms with Gasteiger partial charge in [-0.2, -0.15) is 5.10 Å². The second kappa shape index (κ2) is 4.45. The Kier molecular flexibility index (Phi) is 3.01. The Labute approximate surface area is 93.9 Å². The second-order valence-corrected chi connectivity index (χ2v) is 3.64. The molecule has 1 aromatic carbocycles. The number of aromatic nitrogens is 2. The second-order valence-electron chi connectivity index (χ2n) is 3.64. The molecule has 3 nitrogen and oxygen atoms in total. The van der Waals surface area contributed by atoms with Crippen molar-refractivity contribution < 1.29 is 4.39 Å². The summed E-state index contributed by atoms with van der Waals surface area (Å²) in [5, 5.41) is 7.22.